The van der Waals surface area contributed by atoms with Gasteiger partial charge in [-0.2, -0.15) is 11.3 Å². The SMILES string of the molecule is OC(c1cscc1Br)(C1CC1)C1CC1. The lowest BCUT2D eigenvalue weighted by Gasteiger charge is -2.28. The molecule has 1 N–H and O–H groups in total. The minimum atomic E-state index is -0.501. The second-order valence-corrected chi connectivity index (χ2v) is 6.11. The Kier molecular flexibility index (Phi) is 2.05. The predicted octanol–water partition coefficient (Wildman–Crippen LogP) is 3.52. The van der Waals surface area contributed by atoms with Crippen LogP contribution in [-0.2, 0) is 5.60 Å². The summed E-state index contributed by atoms with van der Waals surface area (Å²) >= 11 is 5.22. The van der Waals surface area contributed by atoms with E-state index in [-0.39, 0.29) is 0 Å². The Morgan fingerprint density at radius 3 is 2.14 bits per heavy atom. The molecule has 0 radical (unpaired) electrons. The van der Waals surface area contributed by atoms with E-state index in [1.807, 2.05) is 0 Å². The molecule has 0 aliphatic heterocycles. The van der Waals surface area contributed by atoms with Crippen LogP contribution in [0, 0.1) is 11.8 Å². The van der Waals surface area contributed by atoms with Gasteiger partial charge in [0, 0.05) is 15.4 Å². The van der Waals surface area contributed by atoms with Gasteiger partial charge in [0.1, 0.15) is 0 Å². The van der Waals surface area contributed by atoms with Gasteiger partial charge in [-0.3, -0.25) is 0 Å². The summed E-state index contributed by atoms with van der Waals surface area (Å²) in [5, 5.41) is 15.0. The van der Waals surface area contributed by atoms with Crippen molar-refractivity contribution in [1.82, 2.24) is 0 Å². The van der Waals surface area contributed by atoms with Gasteiger partial charge in [-0.15, -0.1) is 0 Å². The first-order valence-electron chi connectivity index (χ1n) is 5.17. The van der Waals surface area contributed by atoms with Crippen LogP contribution in [0.3, 0.4) is 0 Å². The number of aliphatic hydroxyl groups is 1. The Labute approximate surface area is 96.3 Å². The summed E-state index contributed by atoms with van der Waals surface area (Å²) in [6.07, 6.45) is 4.81. The molecule has 0 spiro atoms. The molecule has 0 amide bonds. The number of hydrogen-bond donors (Lipinski definition) is 1. The minimum Gasteiger partial charge on any atom is -0.385 e. The van der Waals surface area contributed by atoms with Gasteiger partial charge in [-0.25, -0.2) is 0 Å². The van der Waals surface area contributed by atoms with Crippen LogP contribution in [0.5, 0.6) is 0 Å². The van der Waals surface area contributed by atoms with E-state index in [4.69, 9.17) is 0 Å². The molecular formula is C11H13BrOS. The van der Waals surface area contributed by atoms with Crippen LogP contribution in [0.4, 0.5) is 0 Å². The molecule has 3 rings (SSSR count). The van der Waals surface area contributed by atoms with Crippen molar-refractivity contribution in [3.63, 3.8) is 0 Å². The summed E-state index contributed by atoms with van der Waals surface area (Å²) in [5.41, 5.74) is 0.645. The van der Waals surface area contributed by atoms with Crippen molar-refractivity contribution in [3.05, 3.63) is 20.8 Å². The average Bonchev–Trinajstić information content (AvgIpc) is 3.00. The molecule has 1 aromatic heterocycles. The van der Waals surface area contributed by atoms with Crippen LogP contribution in [0.15, 0.2) is 15.2 Å². The van der Waals surface area contributed by atoms with Gasteiger partial charge in [-0.05, 0) is 58.8 Å². The zero-order valence-corrected chi connectivity index (χ0v) is 10.3. The molecule has 2 saturated carbocycles. The lowest BCUT2D eigenvalue weighted by atomic mass is 9.86. The lowest BCUT2D eigenvalue weighted by molar-refractivity contribution is -0.0105. The van der Waals surface area contributed by atoms with E-state index in [0.29, 0.717) is 11.8 Å². The smallest absolute Gasteiger partial charge is 0.0971 e. The highest BCUT2D eigenvalue weighted by atomic mass is 79.9. The average molecular weight is 273 g/mol. The zero-order chi connectivity index (χ0) is 9.76. The molecular weight excluding hydrogens is 260 g/mol. The molecule has 0 bridgehead atoms. The van der Waals surface area contributed by atoms with Crippen LogP contribution < -0.4 is 0 Å². The van der Waals surface area contributed by atoms with Crippen LogP contribution in [0.25, 0.3) is 0 Å². The highest BCUT2D eigenvalue weighted by molar-refractivity contribution is 9.10. The maximum absolute atomic E-state index is 10.8. The largest absolute Gasteiger partial charge is 0.385 e. The Hall–Kier alpha value is 0.140. The summed E-state index contributed by atoms with van der Waals surface area (Å²) in [4.78, 5) is 0. The topological polar surface area (TPSA) is 20.2 Å². The van der Waals surface area contributed by atoms with Crippen molar-refractivity contribution in [2.45, 2.75) is 31.3 Å². The predicted molar refractivity (Wildman–Crippen MR) is 61.4 cm³/mol. The fourth-order valence-corrected chi connectivity index (χ4v) is 4.06. The van der Waals surface area contributed by atoms with E-state index in [9.17, 15) is 5.11 Å². The number of thiophene rings is 1. The maximum atomic E-state index is 10.8. The molecule has 1 aromatic rings. The first kappa shape index (κ1) is 9.37. The lowest BCUT2D eigenvalue weighted by Crippen LogP contribution is -2.30. The van der Waals surface area contributed by atoms with Crippen molar-refractivity contribution < 1.29 is 5.11 Å². The van der Waals surface area contributed by atoms with Gasteiger partial charge in [0.2, 0.25) is 0 Å². The zero-order valence-electron chi connectivity index (χ0n) is 7.87. The third kappa shape index (κ3) is 1.29. The molecule has 0 unspecified atom stereocenters. The second-order valence-electron chi connectivity index (χ2n) is 4.51. The molecule has 2 aliphatic rings. The second kappa shape index (κ2) is 3.06. The van der Waals surface area contributed by atoms with Crippen LogP contribution >= 0.6 is 27.3 Å². The van der Waals surface area contributed by atoms with Gasteiger partial charge >= 0.3 is 0 Å². The van der Waals surface area contributed by atoms with Crippen LogP contribution in [0.1, 0.15) is 31.2 Å². The van der Waals surface area contributed by atoms with Gasteiger partial charge in [0.25, 0.3) is 0 Å². The third-order valence-corrected chi connectivity index (χ3v) is 5.15. The van der Waals surface area contributed by atoms with Gasteiger partial charge < -0.3 is 5.11 Å². The van der Waals surface area contributed by atoms with Crippen molar-refractivity contribution in [2.75, 3.05) is 0 Å². The summed E-state index contributed by atoms with van der Waals surface area (Å²) in [6.45, 7) is 0. The maximum Gasteiger partial charge on any atom is 0.0971 e. The van der Waals surface area contributed by atoms with E-state index in [2.05, 4.69) is 26.7 Å². The molecule has 2 aliphatic carbocycles. The molecule has 76 valence electrons. The van der Waals surface area contributed by atoms with Crippen molar-refractivity contribution >= 4 is 27.3 Å². The molecule has 1 nitrogen and oxygen atoms in total. The Bertz CT molecular complexity index is 340. The van der Waals surface area contributed by atoms with Crippen molar-refractivity contribution in [1.29, 1.82) is 0 Å². The van der Waals surface area contributed by atoms with Crippen molar-refractivity contribution in [2.24, 2.45) is 11.8 Å². The quantitative estimate of drug-likeness (QED) is 0.893. The molecule has 3 heteroatoms. The van der Waals surface area contributed by atoms with Gasteiger partial charge in [0.05, 0.1) is 5.60 Å². The third-order valence-electron chi connectivity index (χ3n) is 3.45. The molecule has 1 heterocycles. The summed E-state index contributed by atoms with van der Waals surface area (Å²) in [7, 11) is 0. The molecule has 0 atom stereocenters. The van der Waals surface area contributed by atoms with E-state index >= 15 is 0 Å². The van der Waals surface area contributed by atoms with E-state index < -0.39 is 5.60 Å². The molecule has 14 heavy (non-hydrogen) atoms. The molecule has 0 aromatic carbocycles. The van der Waals surface area contributed by atoms with Gasteiger partial charge in [-0.1, -0.05) is 0 Å². The van der Waals surface area contributed by atoms with Crippen LogP contribution in [0.2, 0.25) is 0 Å². The number of halogens is 1. The summed E-state index contributed by atoms with van der Waals surface area (Å²) in [6, 6.07) is 0. The number of rotatable bonds is 3. The standard InChI is InChI=1S/C11H13BrOS/c12-10-6-14-5-9(10)11(13,7-1-2-7)8-3-4-8/h5-8,13H,1-4H2. The Morgan fingerprint density at radius 2 is 1.79 bits per heavy atom. The fraction of sp³-hybridized carbons (Fsp3) is 0.636. The fourth-order valence-electron chi connectivity index (χ4n) is 2.39. The summed E-state index contributed by atoms with van der Waals surface area (Å²) < 4.78 is 1.10. The highest BCUT2D eigenvalue weighted by Crippen LogP contribution is 2.58. The van der Waals surface area contributed by atoms with E-state index in [0.717, 1.165) is 10.0 Å². The molecule has 0 saturated heterocycles. The Balaban J connectivity index is 2.02. The summed E-state index contributed by atoms with van der Waals surface area (Å²) in [5.74, 6) is 1.06. The normalized spacial score (nSPS) is 22.7. The monoisotopic (exact) mass is 272 g/mol. The van der Waals surface area contributed by atoms with E-state index in [1.165, 1.54) is 25.7 Å². The van der Waals surface area contributed by atoms with Crippen LogP contribution in [-0.4, -0.2) is 5.11 Å². The van der Waals surface area contributed by atoms with E-state index in [1.54, 1.807) is 11.3 Å². The number of hydrogen-bond acceptors (Lipinski definition) is 2. The van der Waals surface area contributed by atoms with Gasteiger partial charge in [0.15, 0.2) is 0 Å². The molecule has 2 fully saturated rings. The first-order valence-corrected chi connectivity index (χ1v) is 6.91. The minimum absolute atomic E-state index is 0.501. The highest BCUT2D eigenvalue weighted by Gasteiger charge is 2.55. The first-order chi connectivity index (χ1) is 6.73. The Morgan fingerprint density at radius 1 is 1.21 bits per heavy atom. The van der Waals surface area contributed by atoms with Crippen molar-refractivity contribution in [3.8, 4) is 0 Å².